The molecule has 0 aromatic heterocycles. The number of nitrogens with two attached hydrogens (primary N) is 2. The maximum Gasteiger partial charge on any atom is 0.241 e. The van der Waals surface area contributed by atoms with E-state index in [2.05, 4.69) is 12.2 Å². The van der Waals surface area contributed by atoms with Crippen LogP contribution in [0.25, 0.3) is 0 Å². The van der Waals surface area contributed by atoms with Crippen LogP contribution in [0, 0.1) is 23.2 Å². The van der Waals surface area contributed by atoms with E-state index in [0.29, 0.717) is 35.4 Å². The number of fused-ring (bicyclic) bond motifs is 2. The minimum absolute atomic E-state index is 0.0362. The van der Waals surface area contributed by atoms with Crippen LogP contribution in [0.15, 0.2) is 29.2 Å². The lowest BCUT2D eigenvalue weighted by atomic mass is 9.57. The Morgan fingerprint density at radius 3 is 2.50 bits per heavy atom. The van der Waals surface area contributed by atoms with Crippen LogP contribution in [-0.2, 0) is 20.6 Å². The molecule has 2 saturated carbocycles. The molecule has 7 nitrogen and oxygen atoms in total. The second-order valence-corrected chi connectivity index (χ2v) is 11.8. The van der Waals surface area contributed by atoms with E-state index in [9.17, 15) is 13.8 Å². The number of anilines is 1. The maximum atomic E-state index is 13.5. The Hall–Kier alpha value is -1.93. The summed E-state index contributed by atoms with van der Waals surface area (Å²) in [6.45, 7) is 10.0. The van der Waals surface area contributed by atoms with Crippen LogP contribution in [-0.4, -0.2) is 38.5 Å². The number of likely N-dealkylation sites (N-methyl/N-ethyl adjacent to an activating group) is 1. The van der Waals surface area contributed by atoms with Crippen LogP contribution in [0.2, 0.25) is 0 Å². The van der Waals surface area contributed by atoms with E-state index in [-0.39, 0.29) is 23.8 Å². The molecule has 1 aromatic carbocycles. The number of nitrogen functional groups attached to an aromatic ring is 1. The first-order chi connectivity index (χ1) is 14.9. The Balaban J connectivity index is 1.80. The smallest absolute Gasteiger partial charge is 0.241 e. The summed E-state index contributed by atoms with van der Waals surface area (Å²) >= 11 is 0. The van der Waals surface area contributed by atoms with Gasteiger partial charge in [-0.1, -0.05) is 32.9 Å². The van der Waals surface area contributed by atoms with Crippen molar-refractivity contribution in [1.29, 1.82) is 0 Å². The van der Waals surface area contributed by atoms with E-state index in [1.54, 1.807) is 42.4 Å². The van der Waals surface area contributed by atoms with Crippen molar-refractivity contribution in [1.82, 2.24) is 9.62 Å². The number of nitrogens with one attached hydrogen (secondary N) is 1. The Bertz CT molecular complexity index is 903. The molecule has 0 radical (unpaired) electrons. The zero-order valence-corrected chi connectivity index (χ0v) is 20.7. The van der Waals surface area contributed by atoms with Gasteiger partial charge in [-0.15, -0.1) is 0 Å². The number of benzene rings is 1. The number of carbonyl (C=O) groups excluding carboxylic acids is 2. The monoisotopic (exact) mass is 462 g/mol. The van der Waals surface area contributed by atoms with Gasteiger partial charge in [0.2, 0.25) is 11.8 Å². The Kier molecular flexibility index (Phi) is 7.05. The highest BCUT2D eigenvalue weighted by molar-refractivity contribution is 7.83. The van der Waals surface area contributed by atoms with Gasteiger partial charge in [0.1, 0.15) is 16.5 Å². The van der Waals surface area contributed by atoms with Gasteiger partial charge in [-0.2, -0.15) is 0 Å². The molecular formula is C24H38N4O3S. The summed E-state index contributed by atoms with van der Waals surface area (Å²) in [6.07, 6.45) is 3.49. The number of hydrogen-bond donors (Lipinski definition) is 3. The Morgan fingerprint density at radius 1 is 1.25 bits per heavy atom. The molecule has 5 N–H and O–H groups in total. The average Bonchev–Trinajstić information content (AvgIpc) is 2.70. The van der Waals surface area contributed by atoms with Crippen molar-refractivity contribution in [3.05, 3.63) is 24.3 Å². The summed E-state index contributed by atoms with van der Waals surface area (Å²) in [5.74, 6) is 0.563. The quantitative estimate of drug-likeness (QED) is 0.540. The first-order valence-corrected chi connectivity index (χ1v) is 12.7. The highest BCUT2D eigenvalue weighted by Gasteiger charge is 2.49. The van der Waals surface area contributed by atoms with Gasteiger partial charge in [0.25, 0.3) is 0 Å². The summed E-state index contributed by atoms with van der Waals surface area (Å²) in [7, 11) is -1.58. The molecule has 2 bridgehead atoms. The zero-order chi connectivity index (χ0) is 23.8. The summed E-state index contributed by atoms with van der Waals surface area (Å²) in [6, 6.07) is 7.01. The standard InChI is InChI=1S/C24H38N4O3S/c1-6-28(32(31)19-10-8-7-9-18(19)25)23(3,4)22(30)27-20-15(2)11-16-12-17(20)14-24(5,13-16)21(26)29/h7-10,15-17,20H,6,11-14,25H2,1-5H3,(H2,26,29)(H,27,30). The molecular weight excluding hydrogens is 424 g/mol. The third kappa shape index (κ3) is 4.57. The predicted molar refractivity (Wildman–Crippen MR) is 128 cm³/mol. The van der Waals surface area contributed by atoms with Gasteiger partial charge in [0.15, 0.2) is 0 Å². The van der Waals surface area contributed by atoms with Crippen molar-refractivity contribution in [2.75, 3.05) is 12.3 Å². The van der Waals surface area contributed by atoms with Gasteiger partial charge >= 0.3 is 0 Å². The van der Waals surface area contributed by atoms with Crippen molar-refractivity contribution in [2.45, 2.75) is 76.8 Å². The van der Waals surface area contributed by atoms with Crippen LogP contribution < -0.4 is 16.8 Å². The van der Waals surface area contributed by atoms with Crippen LogP contribution in [0.4, 0.5) is 5.69 Å². The topological polar surface area (TPSA) is 119 Å². The highest BCUT2D eigenvalue weighted by Crippen LogP contribution is 2.50. The minimum atomic E-state index is -1.58. The number of primary amides is 1. The van der Waals surface area contributed by atoms with Gasteiger partial charge in [-0.25, -0.2) is 8.51 Å². The van der Waals surface area contributed by atoms with Crippen molar-refractivity contribution in [3.63, 3.8) is 0 Å². The predicted octanol–water partition coefficient (Wildman–Crippen LogP) is 2.82. The van der Waals surface area contributed by atoms with E-state index in [4.69, 9.17) is 11.5 Å². The number of rotatable bonds is 7. The van der Waals surface area contributed by atoms with Crippen molar-refractivity contribution in [2.24, 2.45) is 28.9 Å². The first-order valence-electron chi connectivity index (χ1n) is 11.6. The molecule has 1 aromatic rings. The van der Waals surface area contributed by atoms with Crippen LogP contribution >= 0.6 is 0 Å². The average molecular weight is 463 g/mol. The number of nitrogens with zero attached hydrogens (tertiary/aromatic N) is 1. The minimum Gasteiger partial charge on any atom is -0.398 e. The largest absolute Gasteiger partial charge is 0.398 e. The van der Waals surface area contributed by atoms with Crippen molar-refractivity contribution < 1.29 is 13.8 Å². The normalized spacial score (nSPS) is 31.2. The van der Waals surface area contributed by atoms with E-state index >= 15 is 0 Å². The van der Waals surface area contributed by atoms with E-state index in [1.807, 2.05) is 13.8 Å². The van der Waals surface area contributed by atoms with E-state index in [1.165, 1.54) is 0 Å². The lowest BCUT2D eigenvalue weighted by molar-refractivity contribution is -0.135. The molecule has 0 saturated heterocycles. The second kappa shape index (κ2) is 9.14. The fourth-order valence-electron chi connectivity index (χ4n) is 5.86. The number of hydrogen-bond acceptors (Lipinski definition) is 4. The number of carbonyl (C=O) groups is 2. The van der Waals surface area contributed by atoms with Gasteiger partial charge < -0.3 is 16.8 Å². The van der Waals surface area contributed by atoms with Gasteiger partial charge in [0, 0.05) is 23.7 Å². The molecule has 2 fully saturated rings. The molecule has 0 spiro atoms. The summed E-state index contributed by atoms with van der Waals surface area (Å²) in [5.41, 5.74) is 10.7. The van der Waals surface area contributed by atoms with Crippen molar-refractivity contribution >= 4 is 28.5 Å². The molecule has 2 aliphatic rings. The van der Waals surface area contributed by atoms with E-state index in [0.717, 1.165) is 19.3 Å². The lowest BCUT2D eigenvalue weighted by Crippen LogP contribution is -2.61. The molecule has 3 rings (SSSR count). The fourth-order valence-corrected chi connectivity index (χ4v) is 7.30. The molecule has 2 amide bonds. The summed E-state index contributed by atoms with van der Waals surface area (Å²) < 4.78 is 15.0. The van der Waals surface area contributed by atoms with Gasteiger partial charge in [-0.05, 0) is 69.4 Å². The Labute approximate surface area is 194 Å². The molecule has 2 aliphatic carbocycles. The molecule has 32 heavy (non-hydrogen) atoms. The third-order valence-corrected chi connectivity index (χ3v) is 9.44. The molecule has 178 valence electrons. The summed E-state index contributed by atoms with van der Waals surface area (Å²) in [4.78, 5) is 26.2. The highest BCUT2D eigenvalue weighted by atomic mass is 32.2. The SMILES string of the molecule is CCN(S(=O)c1ccccc1N)C(C)(C)C(=O)NC1C(C)CC2CC1CC(C)(C(N)=O)C2. The van der Waals surface area contributed by atoms with E-state index < -0.39 is 21.9 Å². The fraction of sp³-hybridized carbons (Fsp3) is 0.667. The summed E-state index contributed by atoms with van der Waals surface area (Å²) in [5, 5.41) is 3.28. The van der Waals surface area contributed by atoms with Crippen LogP contribution in [0.3, 0.4) is 0 Å². The molecule has 6 atom stereocenters. The Morgan fingerprint density at radius 2 is 1.91 bits per heavy atom. The van der Waals surface area contributed by atoms with Crippen LogP contribution in [0.5, 0.6) is 0 Å². The molecule has 0 heterocycles. The maximum absolute atomic E-state index is 13.5. The van der Waals surface area contributed by atoms with Gasteiger partial charge in [-0.3, -0.25) is 9.59 Å². The molecule has 6 unspecified atom stereocenters. The first kappa shape index (κ1) is 24.7. The third-order valence-electron chi connectivity index (χ3n) is 7.58. The van der Waals surface area contributed by atoms with Gasteiger partial charge in [0.05, 0.1) is 4.90 Å². The van der Waals surface area contributed by atoms with Crippen molar-refractivity contribution in [3.8, 4) is 0 Å². The second-order valence-electron chi connectivity index (χ2n) is 10.4. The number of para-hydroxylation sites is 1. The molecule has 0 aliphatic heterocycles. The molecule has 8 heteroatoms. The zero-order valence-electron chi connectivity index (χ0n) is 19.9. The lowest BCUT2D eigenvalue weighted by Gasteiger charge is -2.50. The van der Waals surface area contributed by atoms with Crippen LogP contribution in [0.1, 0.15) is 60.3 Å². The number of amides is 2.